The molecule has 0 radical (unpaired) electrons. The number of hydrogen-bond donors (Lipinski definition) is 2. The lowest BCUT2D eigenvalue weighted by Crippen LogP contribution is -2.47. The minimum atomic E-state index is -3.60. The van der Waals surface area contributed by atoms with Gasteiger partial charge in [-0.1, -0.05) is 6.92 Å². The van der Waals surface area contributed by atoms with Crippen molar-refractivity contribution >= 4 is 15.9 Å². The highest BCUT2D eigenvalue weighted by Crippen LogP contribution is 2.24. The van der Waals surface area contributed by atoms with Crippen LogP contribution in [0.15, 0.2) is 17.2 Å². The van der Waals surface area contributed by atoms with E-state index in [1.54, 1.807) is 7.05 Å². The van der Waals surface area contributed by atoms with Gasteiger partial charge in [-0.2, -0.15) is 4.31 Å². The Morgan fingerprint density at radius 2 is 2.10 bits per heavy atom. The molecule has 1 amide bonds. The normalized spacial score (nSPS) is 24.8. The first kappa shape index (κ1) is 15.0. The molecule has 0 spiro atoms. The van der Waals surface area contributed by atoms with Crippen molar-refractivity contribution < 1.29 is 13.2 Å². The van der Waals surface area contributed by atoms with Crippen molar-refractivity contribution in [1.29, 1.82) is 0 Å². The molecule has 0 aliphatic carbocycles. The number of carbonyl (C=O) groups is 1. The Morgan fingerprint density at radius 1 is 1.45 bits per heavy atom. The van der Waals surface area contributed by atoms with Crippen molar-refractivity contribution in [2.75, 3.05) is 13.1 Å². The minimum absolute atomic E-state index is 0.0263. The molecule has 2 atom stereocenters. The van der Waals surface area contributed by atoms with E-state index in [1.807, 2.05) is 6.92 Å². The van der Waals surface area contributed by atoms with Crippen LogP contribution in [0.1, 0.15) is 23.8 Å². The van der Waals surface area contributed by atoms with E-state index < -0.39 is 15.9 Å². The summed E-state index contributed by atoms with van der Waals surface area (Å²) < 4.78 is 27.9. The number of aryl methyl sites for hydroxylation is 1. The molecule has 7 nitrogen and oxygen atoms in total. The number of piperidine rings is 1. The molecule has 20 heavy (non-hydrogen) atoms. The maximum Gasteiger partial charge on any atom is 0.265 e. The van der Waals surface area contributed by atoms with E-state index in [4.69, 9.17) is 11.5 Å². The van der Waals surface area contributed by atoms with Gasteiger partial charge in [-0.25, -0.2) is 8.42 Å². The standard InChI is InChI=1S/C12H20N4O3S/c1-8-6-16(4-3-10(8)13)20(18,19)9-5-11(12(14)17)15(2)7-9/h5,7-8,10H,3-4,6,13H2,1-2H3,(H2,14,17). The summed E-state index contributed by atoms with van der Waals surface area (Å²) in [4.78, 5) is 11.3. The Balaban J connectivity index is 2.31. The van der Waals surface area contributed by atoms with Crippen molar-refractivity contribution in [2.45, 2.75) is 24.3 Å². The van der Waals surface area contributed by atoms with Crippen LogP contribution in [0.25, 0.3) is 0 Å². The molecule has 0 bridgehead atoms. The van der Waals surface area contributed by atoms with Crippen LogP contribution in [-0.2, 0) is 17.1 Å². The summed E-state index contributed by atoms with van der Waals surface area (Å²) in [6.07, 6.45) is 2.05. The Kier molecular flexibility index (Phi) is 3.90. The third-order valence-electron chi connectivity index (χ3n) is 3.80. The monoisotopic (exact) mass is 300 g/mol. The van der Waals surface area contributed by atoms with Gasteiger partial charge >= 0.3 is 0 Å². The van der Waals surface area contributed by atoms with Crippen LogP contribution < -0.4 is 11.5 Å². The number of primary amides is 1. The van der Waals surface area contributed by atoms with E-state index >= 15 is 0 Å². The fourth-order valence-corrected chi connectivity index (χ4v) is 4.04. The Hall–Kier alpha value is -1.38. The smallest absolute Gasteiger partial charge is 0.265 e. The zero-order valence-electron chi connectivity index (χ0n) is 11.6. The molecule has 1 saturated heterocycles. The lowest BCUT2D eigenvalue weighted by Gasteiger charge is -2.33. The lowest BCUT2D eigenvalue weighted by molar-refractivity contribution is 0.0992. The number of nitrogens with two attached hydrogens (primary N) is 2. The van der Waals surface area contributed by atoms with E-state index in [0.29, 0.717) is 19.5 Å². The topological polar surface area (TPSA) is 111 Å². The molecule has 2 rings (SSSR count). The van der Waals surface area contributed by atoms with Gasteiger partial charge in [0.1, 0.15) is 10.6 Å². The Labute approximate surface area is 118 Å². The summed E-state index contributed by atoms with van der Waals surface area (Å²) >= 11 is 0. The quantitative estimate of drug-likeness (QED) is 0.782. The van der Waals surface area contributed by atoms with Gasteiger partial charge in [0, 0.05) is 32.4 Å². The molecular weight excluding hydrogens is 280 g/mol. The molecule has 0 aromatic carbocycles. The van der Waals surface area contributed by atoms with Crippen molar-refractivity contribution in [2.24, 2.45) is 24.4 Å². The van der Waals surface area contributed by atoms with E-state index in [0.717, 1.165) is 0 Å². The van der Waals surface area contributed by atoms with Crippen LogP contribution in [0.3, 0.4) is 0 Å². The predicted octanol–water partition coefficient (Wildman–Crippen LogP) is -0.518. The van der Waals surface area contributed by atoms with Crippen molar-refractivity contribution in [1.82, 2.24) is 8.87 Å². The zero-order chi connectivity index (χ0) is 15.1. The number of aromatic nitrogens is 1. The highest BCUT2D eigenvalue weighted by atomic mass is 32.2. The summed E-state index contributed by atoms with van der Waals surface area (Å²) in [6.45, 7) is 2.73. The number of hydrogen-bond acceptors (Lipinski definition) is 4. The van der Waals surface area contributed by atoms with Gasteiger partial charge in [-0.15, -0.1) is 0 Å². The fourth-order valence-electron chi connectivity index (χ4n) is 2.41. The summed E-state index contributed by atoms with van der Waals surface area (Å²) in [5.41, 5.74) is 11.3. The molecule has 2 unspecified atom stereocenters. The fraction of sp³-hybridized carbons (Fsp3) is 0.583. The van der Waals surface area contributed by atoms with E-state index in [-0.39, 0.29) is 22.5 Å². The number of rotatable bonds is 3. The number of sulfonamides is 1. The second kappa shape index (κ2) is 5.19. The van der Waals surface area contributed by atoms with Crippen LogP contribution in [-0.4, -0.2) is 42.3 Å². The van der Waals surface area contributed by atoms with Crippen LogP contribution in [0.4, 0.5) is 0 Å². The van der Waals surface area contributed by atoms with Gasteiger partial charge in [-0.3, -0.25) is 4.79 Å². The maximum absolute atomic E-state index is 12.5. The summed E-state index contributed by atoms with van der Waals surface area (Å²) in [6, 6.07) is 1.34. The molecule has 1 aromatic heterocycles. The van der Waals surface area contributed by atoms with Gasteiger partial charge < -0.3 is 16.0 Å². The number of nitrogens with zero attached hydrogens (tertiary/aromatic N) is 2. The summed E-state index contributed by atoms with van der Waals surface area (Å²) in [7, 11) is -2.01. The largest absolute Gasteiger partial charge is 0.364 e. The van der Waals surface area contributed by atoms with Crippen LogP contribution >= 0.6 is 0 Å². The molecular formula is C12H20N4O3S. The first-order valence-electron chi connectivity index (χ1n) is 6.45. The highest BCUT2D eigenvalue weighted by molar-refractivity contribution is 7.89. The first-order chi connectivity index (χ1) is 9.23. The Bertz CT molecular complexity index is 623. The molecule has 112 valence electrons. The molecule has 1 aliphatic rings. The number of carbonyl (C=O) groups excluding carboxylic acids is 1. The average molecular weight is 300 g/mol. The van der Waals surface area contributed by atoms with Gasteiger partial charge in [0.25, 0.3) is 5.91 Å². The Morgan fingerprint density at radius 3 is 2.60 bits per heavy atom. The second-order valence-corrected chi connectivity index (χ2v) is 7.27. The van der Waals surface area contributed by atoms with Gasteiger partial charge in [0.05, 0.1) is 0 Å². The maximum atomic E-state index is 12.5. The summed E-state index contributed by atoms with van der Waals surface area (Å²) in [5.74, 6) is -0.541. The third kappa shape index (κ3) is 2.58. The molecule has 1 aliphatic heterocycles. The first-order valence-corrected chi connectivity index (χ1v) is 7.89. The lowest BCUT2D eigenvalue weighted by atomic mass is 9.96. The molecule has 4 N–H and O–H groups in total. The van der Waals surface area contributed by atoms with Crippen molar-refractivity contribution in [3.05, 3.63) is 18.0 Å². The predicted molar refractivity (Wildman–Crippen MR) is 74.4 cm³/mol. The highest BCUT2D eigenvalue weighted by Gasteiger charge is 2.33. The van der Waals surface area contributed by atoms with Crippen LogP contribution in [0.2, 0.25) is 0 Å². The van der Waals surface area contributed by atoms with Crippen molar-refractivity contribution in [3.63, 3.8) is 0 Å². The van der Waals surface area contributed by atoms with Gasteiger partial charge in [0.15, 0.2) is 0 Å². The average Bonchev–Trinajstić information content (AvgIpc) is 2.75. The molecule has 8 heteroatoms. The molecule has 2 heterocycles. The van der Waals surface area contributed by atoms with Crippen LogP contribution in [0, 0.1) is 5.92 Å². The SMILES string of the molecule is CC1CN(S(=O)(=O)c2cc(C(N)=O)n(C)c2)CCC1N. The zero-order valence-corrected chi connectivity index (χ0v) is 12.4. The van der Waals surface area contributed by atoms with E-state index in [9.17, 15) is 13.2 Å². The number of amides is 1. The van der Waals surface area contributed by atoms with E-state index in [2.05, 4.69) is 0 Å². The second-order valence-electron chi connectivity index (χ2n) is 5.33. The molecule has 1 aromatic rings. The third-order valence-corrected chi connectivity index (χ3v) is 5.63. The van der Waals surface area contributed by atoms with Crippen molar-refractivity contribution in [3.8, 4) is 0 Å². The molecule has 1 fully saturated rings. The van der Waals surface area contributed by atoms with Gasteiger partial charge in [-0.05, 0) is 18.4 Å². The minimum Gasteiger partial charge on any atom is -0.364 e. The van der Waals surface area contributed by atoms with Gasteiger partial charge in [0.2, 0.25) is 10.0 Å². The van der Waals surface area contributed by atoms with Crippen LogP contribution in [0.5, 0.6) is 0 Å². The summed E-state index contributed by atoms with van der Waals surface area (Å²) in [5, 5.41) is 0. The molecule has 0 saturated carbocycles. The van der Waals surface area contributed by atoms with E-state index in [1.165, 1.54) is 21.1 Å².